The first-order valence-corrected chi connectivity index (χ1v) is 15.3. The zero-order valence-electron chi connectivity index (χ0n) is 24.2. The third-order valence-corrected chi connectivity index (χ3v) is 9.02. The van der Waals surface area contributed by atoms with Gasteiger partial charge in [0.2, 0.25) is 0 Å². The molecule has 0 amide bonds. The van der Waals surface area contributed by atoms with Crippen molar-refractivity contribution in [2.24, 2.45) is 4.99 Å². The van der Waals surface area contributed by atoms with E-state index in [2.05, 4.69) is 161 Å². The molecule has 0 unspecified atom stereocenters. The van der Waals surface area contributed by atoms with Gasteiger partial charge in [0.1, 0.15) is 0 Å². The summed E-state index contributed by atoms with van der Waals surface area (Å²) >= 11 is 0. The number of fused-ring (bicyclic) bond motifs is 6. The molecule has 3 nitrogen and oxygen atoms in total. The lowest BCUT2D eigenvalue weighted by molar-refractivity contribution is 0.913. The van der Waals surface area contributed by atoms with Gasteiger partial charge in [0, 0.05) is 45.0 Å². The quantitative estimate of drug-likeness (QED) is 0.203. The fourth-order valence-corrected chi connectivity index (χ4v) is 7.14. The zero-order valence-corrected chi connectivity index (χ0v) is 24.2. The molecule has 1 aliphatic rings. The Kier molecular flexibility index (Phi) is 5.63. The summed E-state index contributed by atoms with van der Waals surface area (Å²) in [6, 6.07) is 52.5. The molecule has 3 heterocycles. The van der Waals surface area contributed by atoms with E-state index >= 15 is 0 Å². The van der Waals surface area contributed by atoms with Crippen LogP contribution in [-0.2, 0) is 6.42 Å². The van der Waals surface area contributed by atoms with Crippen molar-refractivity contribution in [2.75, 3.05) is 0 Å². The van der Waals surface area contributed by atoms with Crippen molar-refractivity contribution in [3.8, 4) is 33.6 Å². The molecule has 0 fully saturated rings. The lowest BCUT2D eigenvalue weighted by Crippen LogP contribution is -2.03. The van der Waals surface area contributed by atoms with Gasteiger partial charge in [-0.2, -0.15) is 0 Å². The minimum absolute atomic E-state index is 0.956. The summed E-state index contributed by atoms with van der Waals surface area (Å²) in [5.74, 6) is 0. The van der Waals surface area contributed by atoms with Crippen molar-refractivity contribution < 1.29 is 0 Å². The highest BCUT2D eigenvalue weighted by atomic mass is 15.0. The second-order valence-electron chi connectivity index (χ2n) is 11.5. The number of aliphatic imine (C=N–C) groups is 1. The van der Waals surface area contributed by atoms with Gasteiger partial charge in [-0.05, 0) is 65.9 Å². The van der Waals surface area contributed by atoms with Crippen LogP contribution in [0.15, 0.2) is 151 Å². The van der Waals surface area contributed by atoms with Crippen LogP contribution in [0, 0.1) is 0 Å². The number of rotatable bonds is 4. The second kappa shape index (κ2) is 9.96. The maximum absolute atomic E-state index is 4.94. The van der Waals surface area contributed by atoms with E-state index in [-0.39, 0.29) is 0 Å². The van der Waals surface area contributed by atoms with Gasteiger partial charge in [0.25, 0.3) is 0 Å². The van der Waals surface area contributed by atoms with Gasteiger partial charge in [-0.25, -0.2) is 0 Å². The minimum Gasteiger partial charge on any atom is -0.311 e. The molecule has 0 N–H and O–H groups in total. The highest BCUT2D eigenvalue weighted by molar-refractivity contribution is 6.18. The van der Waals surface area contributed by atoms with Gasteiger partial charge in [-0.1, -0.05) is 109 Å². The normalized spacial score (nSPS) is 12.7. The summed E-state index contributed by atoms with van der Waals surface area (Å²) in [4.78, 5) is 4.94. The Bertz CT molecular complexity index is 2360. The van der Waals surface area contributed by atoms with Crippen molar-refractivity contribution in [2.45, 2.75) is 12.8 Å². The Morgan fingerprint density at radius 3 is 1.95 bits per heavy atom. The molecule has 0 aliphatic carbocycles. The SMILES string of the molecule is C1=Nc2c(n(-c3ccccc3)c3c(-c4cccc5c4c4ccccc4n5-c4ccc(-c5ccccc5)cc4)cccc23)CC1. The Morgan fingerprint density at radius 1 is 0.477 bits per heavy atom. The van der Waals surface area contributed by atoms with Gasteiger partial charge in [-0.15, -0.1) is 0 Å². The van der Waals surface area contributed by atoms with Crippen molar-refractivity contribution >= 4 is 44.6 Å². The van der Waals surface area contributed by atoms with Crippen LogP contribution >= 0.6 is 0 Å². The standard InChI is InChI=1S/C41H29N3/c1-3-12-28(13-4-1)29-23-25-31(26-24-29)43-36-20-8-7-16-34(36)39-32(17-10-21-37(39)43)33-18-9-19-35-40-38(22-11-27-42-40)44(41(33)35)30-14-5-2-6-15-30/h1-10,12-21,23-27H,11,22H2. The van der Waals surface area contributed by atoms with Crippen LogP contribution < -0.4 is 0 Å². The van der Waals surface area contributed by atoms with Crippen LogP contribution in [0.3, 0.4) is 0 Å². The summed E-state index contributed by atoms with van der Waals surface area (Å²) in [7, 11) is 0. The monoisotopic (exact) mass is 563 g/mol. The van der Waals surface area contributed by atoms with Crippen LogP contribution in [0.25, 0.3) is 66.3 Å². The van der Waals surface area contributed by atoms with E-state index in [1.807, 2.05) is 0 Å². The van der Waals surface area contributed by atoms with Crippen molar-refractivity contribution in [1.82, 2.24) is 9.13 Å². The van der Waals surface area contributed by atoms with E-state index in [1.54, 1.807) is 0 Å². The molecule has 6 aromatic carbocycles. The first kappa shape index (κ1) is 24.9. The fraction of sp³-hybridized carbons (Fsp3) is 0.0488. The average Bonchev–Trinajstić information content (AvgIpc) is 3.62. The molecular formula is C41H29N3. The van der Waals surface area contributed by atoms with E-state index in [1.165, 1.54) is 66.3 Å². The van der Waals surface area contributed by atoms with Crippen molar-refractivity contribution in [3.63, 3.8) is 0 Å². The lowest BCUT2D eigenvalue weighted by atomic mass is 9.97. The van der Waals surface area contributed by atoms with Crippen molar-refractivity contribution in [1.29, 1.82) is 0 Å². The first-order chi connectivity index (χ1) is 21.9. The third-order valence-electron chi connectivity index (χ3n) is 9.02. The van der Waals surface area contributed by atoms with Gasteiger partial charge in [-0.3, -0.25) is 4.99 Å². The predicted octanol–water partition coefficient (Wildman–Crippen LogP) is 10.7. The van der Waals surface area contributed by atoms with Gasteiger partial charge in [0.05, 0.1) is 22.2 Å². The summed E-state index contributed by atoms with van der Waals surface area (Å²) < 4.78 is 4.87. The molecule has 0 radical (unpaired) electrons. The maximum atomic E-state index is 4.94. The fourth-order valence-electron chi connectivity index (χ4n) is 7.14. The number of hydrogen-bond donors (Lipinski definition) is 0. The van der Waals surface area contributed by atoms with E-state index < -0.39 is 0 Å². The third kappa shape index (κ3) is 3.73. The molecule has 0 spiro atoms. The van der Waals surface area contributed by atoms with Gasteiger partial charge in [0.15, 0.2) is 0 Å². The highest BCUT2D eigenvalue weighted by Crippen LogP contribution is 2.45. The molecule has 1 aliphatic heterocycles. The summed E-state index contributed by atoms with van der Waals surface area (Å²) in [5, 5.41) is 3.72. The first-order valence-electron chi connectivity index (χ1n) is 15.3. The topological polar surface area (TPSA) is 22.2 Å². The number of benzene rings is 6. The number of nitrogens with zero attached hydrogens (tertiary/aromatic N) is 3. The smallest absolute Gasteiger partial charge is 0.0917 e. The van der Waals surface area contributed by atoms with E-state index in [0.29, 0.717) is 0 Å². The molecule has 3 heteroatoms. The molecule has 8 aromatic rings. The van der Waals surface area contributed by atoms with Crippen LogP contribution in [-0.4, -0.2) is 15.3 Å². The number of hydrogen-bond acceptors (Lipinski definition) is 1. The van der Waals surface area contributed by atoms with Crippen LogP contribution in [0.1, 0.15) is 12.1 Å². The minimum atomic E-state index is 0.956. The lowest BCUT2D eigenvalue weighted by Gasteiger charge is -2.15. The molecule has 0 saturated carbocycles. The van der Waals surface area contributed by atoms with Crippen LogP contribution in [0.2, 0.25) is 0 Å². The number of aromatic nitrogens is 2. The molecular weight excluding hydrogens is 534 g/mol. The molecule has 2 aromatic heterocycles. The molecule has 0 bridgehead atoms. The number of para-hydroxylation sites is 3. The summed E-state index contributed by atoms with van der Waals surface area (Å²) in [6.45, 7) is 0. The Labute approximate surface area is 256 Å². The molecule has 0 saturated heterocycles. The van der Waals surface area contributed by atoms with E-state index in [9.17, 15) is 0 Å². The van der Waals surface area contributed by atoms with Crippen molar-refractivity contribution in [3.05, 3.63) is 151 Å². The van der Waals surface area contributed by atoms with Gasteiger partial charge >= 0.3 is 0 Å². The summed E-state index contributed by atoms with van der Waals surface area (Å²) in [6.07, 6.45) is 4.00. The molecule has 9 rings (SSSR count). The van der Waals surface area contributed by atoms with E-state index in [4.69, 9.17) is 4.99 Å². The molecule has 0 atom stereocenters. The van der Waals surface area contributed by atoms with Crippen LogP contribution in [0.4, 0.5) is 5.69 Å². The Balaban J connectivity index is 1.33. The molecule has 44 heavy (non-hydrogen) atoms. The summed E-state index contributed by atoms with van der Waals surface area (Å²) in [5.41, 5.74) is 13.3. The Hall–Kier alpha value is -5.67. The van der Waals surface area contributed by atoms with E-state index in [0.717, 1.165) is 24.2 Å². The second-order valence-corrected chi connectivity index (χ2v) is 11.5. The average molecular weight is 564 g/mol. The molecule has 208 valence electrons. The highest BCUT2D eigenvalue weighted by Gasteiger charge is 2.24. The predicted molar refractivity (Wildman–Crippen MR) is 185 cm³/mol. The zero-order chi connectivity index (χ0) is 29.0. The Morgan fingerprint density at radius 2 is 1.11 bits per heavy atom. The van der Waals surface area contributed by atoms with Gasteiger partial charge < -0.3 is 9.13 Å². The van der Waals surface area contributed by atoms with Crippen LogP contribution in [0.5, 0.6) is 0 Å². The maximum Gasteiger partial charge on any atom is 0.0917 e. The largest absolute Gasteiger partial charge is 0.311 e.